The van der Waals surface area contributed by atoms with E-state index in [1.165, 1.54) is 110 Å². The molecule has 0 aromatic rings. The van der Waals surface area contributed by atoms with Crippen LogP contribution in [0.15, 0.2) is 0 Å². The average Bonchev–Trinajstić information content (AvgIpc) is 2.65. The maximum atomic E-state index is 2.66. The fraction of sp³-hybridized carbons (Fsp3) is 1.00. The van der Waals surface area contributed by atoms with Gasteiger partial charge in [-0.25, -0.2) is 0 Å². The molecule has 0 aromatic heterocycles. The summed E-state index contributed by atoms with van der Waals surface area (Å²) >= 11 is 0. The SMILES string of the molecule is CCN(CC)CCCCCCN(CC)CCCCCCN(CC)CC. The number of rotatable bonds is 19. The minimum absolute atomic E-state index is 1.20. The largest absolute Gasteiger partial charge is 0.304 e. The van der Waals surface area contributed by atoms with Crippen molar-refractivity contribution in [3.8, 4) is 0 Å². The fourth-order valence-corrected chi connectivity index (χ4v) is 3.56. The predicted molar refractivity (Wildman–Crippen MR) is 115 cm³/mol. The van der Waals surface area contributed by atoms with Crippen molar-refractivity contribution >= 4 is 0 Å². The first-order valence-corrected chi connectivity index (χ1v) is 11.4. The number of hydrogen-bond acceptors (Lipinski definition) is 3. The molecule has 0 aliphatic heterocycles. The second-order valence-electron chi connectivity index (χ2n) is 7.32. The molecule has 152 valence electrons. The van der Waals surface area contributed by atoms with Crippen LogP contribution in [0.3, 0.4) is 0 Å². The molecule has 0 rings (SSSR count). The molecule has 0 radical (unpaired) electrons. The standard InChI is InChI=1S/C22H49N3/c1-6-23(7-2)19-15-11-13-17-21-25(10-5)22-18-14-12-16-20-24(8-3)9-4/h6-22H2,1-5H3. The molecule has 0 aromatic carbocycles. The lowest BCUT2D eigenvalue weighted by molar-refractivity contribution is 0.265. The normalized spacial score (nSPS) is 12.0. The lowest BCUT2D eigenvalue weighted by Gasteiger charge is -2.21. The van der Waals surface area contributed by atoms with Gasteiger partial charge >= 0.3 is 0 Å². The third-order valence-corrected chi connectivity index (χ3v) is 5.63. The Balaban J connectivity index is 3.50. The molecule has 0 saturated carbocycles. The van der Waals surface area contributed by atoms with Gasteiger partial charge in [-0.1, -0.05) is 60.3 Å². The summed E-state index contributed by atoms with van der Waals surface area (Å²) in [7, 11) is 0. The Morgan fingerprint density at radius 3 is 0.800 bits per heavy atom. The second-order valence-corrected chi connectivity index (χ2v) is 7.32. The molecule has 0 N–H and O–H groups in total. The van der Waals surface area contributed by atoms with Gasteiger partial charge in [-0.2, -0.15) is 0 Å². The molecule has 0 heterocycles. The zero-order chi connectivity index (χ0) is 18.8. The Kier molecular flexibility index (Phi) is 18.6. The van der Waals surface area contributed by atoms with Gasteiger partial charge in [-0.05, 0) is 84.6 Å². The van der Waals surface area contributed by atoms with Crippen molar-refractivity contribution in [2.24, 2.45) is 0 Å². The van der Waals surface area contributed by atoms with E-state index in [1.54, 1.807) is 0 Å². The molecule has 3 nitrogen and oxygen atoms in total. The summed E-state index contributed by atoms with van der Waals surface area (Å²) in [5.41, 5.74) is 0. The summed E-state index contributed by atoms with van der Waals surface area (Å²) in [6.45, 7) is 22.6. The summed E-state index contributed by atoms with van der Waals surface area (Å²) in [6, 6.07) is 0. The summed E-state index contributed by atoms with van der Waals surface area (Å²) in [6.07, 6.45) is 11.1. The quantitative estimate of drug-likeness (QED) is 0.298. The molecule has 0 spiro atoms. The van der Waals surface area contributed by atoms with Gasteiger partial charge in [0.1, 0.15) is 0 Å². The van der Waals surface area contributed by atoms with Gasteiger partial charge < -0.3 is 14.7 Å². The van der Waals surface area contributed by atoms with E-state index < -0.39 is 0 Å². The van der Waals surface area contributed by atoms with Crippen molar-refractivity contribution < 1.29 is 0 Å². The minimum Gasteiger partial charge on any atom is -0.304 e. The van der Waals surface area contributed by atoms with Crippen molar-refractivity contribution in [2.75, 3.05) is 58.9 Å². The average molecular weight is 356 g/mol. The monoisotopic (exact) mass is 355 g/mol. The highest BCUT2D eigenvalue weighted by Gasteiger charge is 2.03. The van der Waals surface area contributed by atoms with E-state index in [-0.39, 0.29) is 0 Å². The van der Waals surface area contributed by atoms with Crippen LogP contribution in [-0.2, 0) is 0 Å². The Morgan fingerprint density at radius 1 is 0.320 bits per heavy atom. The van der Waals surface area contributed by atoms with E-state index >= 15 is 0 Å². The maximum absolute atomic E-state index is 2.66. The number of hydrogen-bond donors (Lipinski definition) is 0. The van der Waals surface area contributed by atoms with Crippen LogP contribution < -0.4 is 0 Å². The second kappa shape index (κ2) is 18.7. The molecule has 0 amide bonds. The predicted octanol–water partition coefficient (Wildman–Crippen LogP) is 5.11. The van der Waals surface area contributed by atoms with Crippen LogP contribution in [0.1, 0.15) is 86.0 Å². The molecule has 0 bridgehead atoms. The van der Waals surface area contributed by atoms with Crippen LogP contribution in [-0.4, -0.2) is 73.6 Å². The van der Waals surface area contributed by atoms with Gasteiger partial charge in [0.05, 0.1) is 0 Å². The fourth-order valence-electron chi connectivity index (χ4n) is 3.56. The molecular weight excluding hydrogens is 306 g/mol. The smallest absolute Gasteiger partial charge is 0.00189 e. The van der Waals surface area contributed by atoms with Crippen LogP contribution in [0, 0.1) is 0 Å². The van der Waals surface area contributed by atoms with Gasteiger partial charge in [-0.15, -0.1) is 0 Å². The van der Waals surface area contributed by atoms with Crippen molar-refractivity contribution in [2.45, 2.75) is 86.0 Å². The molecule has 0 aliphatic carbocycles. The molecule has 0 aliphatic rings. The minimum atomic E-state index is 1.20. The van der Waals surface area contributed by atoms with E-state index in [9.17, 15) is 0 Å². The van der Waals surface area contributed by atoms with Crippen LogP contribution in [0.4, 0.5) is 0 Å². The zero-order valence-corrected chi connectivity index (χ0v) is 18.4. The van der Waals surface area contributed by atoms with Gasteiger partial charge in [0.25, 0.3) is 0 Å². The van der Waals surface area contributed by atoms with Crippen LogP contribution in [0.5, 0.6) is 0 Å². The van der Waals surface area contributed by atoms with E-state index in [4.69, 9.17) is 0 Å². The molecule has 3 heteroatoms. The molecule has 25 heavy (non-hydrogen) atoms. The number of nitrogens with zero attached hydrogens (tertiary/aromatic N) is 3. The van der Waals surface area contributed by atoms with E-state index in [1.807, 2.05) is 0 Å². The first kappa shape index (κ1) is 24.9. The van der Waals surface area contributed by atoms with Crippen molar-refractivity contribution in [3.63, 3.8) is 0 Å². The maximum Gasteiger partial charge on any atom is -0.00189 e. The topological polar surface area (TPSA) is 9.72 Å². The first-order chi connectivity index (χ1) is 12.2. The highest BCUT2D eigenvalue weighted by molar-refractivity contribution is 4.59. The van der Waals surface area contributed by atoms with Gasteiger partial charge in [0.2, 0.25) is 0 Å². The Hall–Kier alpha value is -0.120. The van der Waals surface area contributed by atoms with Crippen LogP contribution in [0.2, 0.25) is 0 Å². The Morgan fingerprint density at radius 2 is 0.560 bits per heavy atom. The molecule has 0 saturated heterocycles. The molecule has 0 atom stereocenters. The summed E-state index contributed by atoms with van der Waals surface area (Å²) in [4.78, 5) is 7.74. The van der Waals surface area contributed by atoms with E-state index in [0.717, 1.165) is 0 Å². The first-order valence-electron chi connectivity index (χ1n) is 11.4. The lowest BCUT2D eigenvalue weighted by atomic mass is 10.1. The van der Waals surface area contributed by atoms with E-state index in [2.05, 4.69) is 49.3 Å². The number of unbranched alkanes of at least 4 members (excludes halogenated alkanes) is 6. The van der Waals surface area contributed by atoms with Gasteiger partial charge in [0, 0.05) is 0 Å². The van der Waals surface area contributed by atoms with Gasteiger partial charge in [-0.3, -0.25) is 0 Å². The van der Waals surface area contributed by atoms with Gasteiger partial charge in [0.15, 0.2) is 0 Å². The molecule has 0 unspecified atom stereocenters. The van der Waals surface area contributed by atoms with Crippen molar-refractivity contribution in [1.82, 2.24) is 14.7 Å². The third-order valence-electron chi connectivity index (χ3n) is 5.63. The van der Waals surface area contributed by atoms with Crippen molar-refractivity contribution in [1.29, 1.82) is 0 Å². The highest BCUT2D eigenvalue weighted by Crippen LogP contribution is 2.07. The lowest BCUT2D eigenvalue weighted by Crippen LogP contribution is -2.26. The summed E-state index contributed by atoms with van der Waals surface area (Å²) < 4.78 is 0. The van der Waals surface area contributed by atoms with Crippen LogP contribution >= 0.6 is 0 Å². The van der Waals surface area contributed by atoms with Crippen LogP contribution in [0.25, 0.3) is 0 Å². The summed E-state index contributed by atoms with van der Waals surface area (Å²) in [5.74, 6) is 0. The molecular formula is C22H49N3. The summed E-state index contributed by atoms with van der Waals surface area (Å²) in [5, 5.41) is 0. The third kappa shape index (κ3) is 14.7. The Labute approximate surface area is 160 Å². The van der Waals surface area contributed by atoms with Crippen molar-refractivity contribution in [3.05, 3.63) is 0 Å². The molecule has 0 fully saturated rings. The highest BCUT2D eigenvalue weighted by atomic mass is 15.1. The Bertz CT molecular complexity index is 226. The van der Waals surface area contributed by atoms with E-state index in [0.29, 0.717) is 0 Å². The zero-order valence-electron chi connectivity index (χ0n) is 18.4.